The molecule has 20 heavy (non-hydrogen) atoms. The lowest BCUT2D eigenvalue weighted by Gasteiger charge is -2.21. The lowest BCUT2D eigenvalue weighted by atomic mass is 9.91. The van der Waals surface area contributed by atoms with Gasteiger partial charge in [-0.2, -0.15) is 0 Å². The highest BCUT2D eigenvalue weighted by Crippen LogP contribution is 2.37. The summed E-state index contributed by atoms with van der Waals surface area (Å²) in [6.45, 7) is 0. The Kier molecular flexibility index (Phi) is 5.48. The maximum Gasteiger partial charge on any atom is 0.165 e. The summed E-state index contributed by atoms with van der Waals surface area (Å²) >= 11 is 0. The van der Waals surface area contributed by atoms with Crippen molar-refractivity contribution in [3.05, 3.63) is 35.4 Å². The Morgan fingerprint density at radius 2 is 1.85 bits per heavy atom. The first kappa shape index (κ1) is 14.9. The second-order valence-electron chi connectivity index (χ2n) is 5.29. The molecule has 0 aromatic heterocycles. The zero-order chi connectivity index (χ0) is 14.4. The zero-order valence-electron chi connectivity index (χ0n) is 12.5. The molecule has 0 saturated heterocycles. The molecule has 1 aliphatic rings. The van der Waals surface area contributed by atoms with E-state index in [0.29, 0.717) is 0 Å². The van der Waals surface area contributed by atoms with E-state index in [4.69, 9.17) is 15.2 Å². The molecule has 1 aromatic rings. The minimum absolute atomic E-state index is 0.0989. The van der Waals surface area contributed by atoms with Gasteiger partial charge in [-0.05, 0) is 31.7 Å². The Morgan fingerprint density at radius 1 is 1.05 bits per heavy atom. The Hall–Kier alpha value is -1.48. The molecule has 0 spiro atoms. The van der Waals surface area contributed by atoms with Gasteiger partial charge in [0, 0.05) is 5.56 Å². The van der Waals surface area contributed by atoms with E-state index in [1.165, 1.54) is 31.3 Å². The van der Waals surface area contributed by atoms with Crippen molar-refractivity contribution in [1.82, 2.24) is 0 Å². The molecule has 110 valence electrons. The maximum atomic E-state index is 6.49. The summed E-state index contributed by atoms with van der Waals surface area (Å²) in [6, 6.07) is 5.81. The fraction of sp³-hybridized carbons (Fsp3) is 0.529. The van der Waals surface area contributed by atoms with Crippen molar-refractivity contribution in [1.29, 1.82) is 0 Å². The van der Waals surface area contributed by atoms with E-state index in [1.54, 1.807) is 14.2 Å². The Balaban J connectivity index is 2.29. The molecule has 0 aliphatic heterocycles. The highest BCUT2D eigenvalue weighted by atomic mass is 16.5. The van der Waals surface area contributed by atoms with Crippen molar-refractivity contribution in [2.24, 2.45) is 5.73 Å². The van der Waals surface area contributed by atoms with Crippen LogP contribution >= 0.6 is 0 Å². The topological polar surface area (TPSA) is 44.5 Å². The van der Waals surface area contributed by atoms with E-state index in [9.17, 15) is 0 Å². The van der Waals surface area contributed by atoms with Crippen LogP contribution in [0.5, 0.6) is 11.5 Å². The molecule has 1 aromatic carbocycles. The molecular formula is C17H25NO2. The quantitative estimate of drug-likeness (QED) is 0.845. The number of hydrogen-bond acceptors (Lipinski definition) is 3. The van der Waals surface area contributed by atoms with Crippen molar-refractivity contribution in [2.45, 2.75) is 44.6 Å². The highest BCUT2D eigenvalue weighted by Gasteiger charge is 2.19. The number of hydrogen-bond donors (Lipinski definition) is 1. The summed E-state index contributed by atoms with van der Waals surface area (Å²) in [7, 11) is 3.32. The van der Waals surface area contributed by atoms with Crippen LogP contribution in [0.1, 0.15) is 50.1 Å². The second kappa shape index (κ2) is 7.34. The van der Waals surface area contributed by atoms with E-state index >= 15 is 0 Å². The number of allylic oxidation sites excluding steroid dienone is 1. The van der Waals surface area contributed by atoms with E-state index in [1.807, 2.05) is 18.2 Å². The van der Waals surface area contributed by atoms with Crippen molar-refractivity contribution >= 4 is 0 Å². The van der Waals surface area contributed by atoms with Gasteiger partial charge in [0.15, 0.2) is 11.5 Å². The van der Waals surface area contributed by atoms with Gasteiger partial charge in [-0.25, -0.2) is 0 Å². The van der Waals surface area contributed by atoms with Crippen LogP contribution in [-0.2, 0) is 0 Å². The van der Waals surface area contributed by atoms with Crippen molar-refractivity contribution < 1.29 is 9.47 Å². The average Bonchev–Trinajstić information content (AvgIpc) is 2.45. The number of para-hydroxylation sites is 1. The predicted octanol–water partition coefficient (Wildman–Crippen LogP) is 3.98. The van der Waals surface area contributed by atoms with Gasteiger partial charge in [-0.1, -0.05) is 36.6 Å². The van der Waals surface area contributed by atoms with Crippen molar-refractivity contribution in [3.8, 4) is 11.5 Å². The molecular weight excluding hydrogens is 250 g/mol. The first-order valence-electron chi connectivity index (χ1n) is 7.43. The van der Waals surface area contributed by atoms with Gasteiger partial charge in [0.05, 0.1) is 20.3 Å². The zero-order valence-corrected chi connectivity index (χ0v) is 12.5. The van der Waals surface area contributed by atoms with E-state index in [-0.39, 0.29) is 6.04 Å². The van der Waals surface area contributed by atoms with Gasteiger partial charge in [0.2, 0.25) is 0 Å². The molecule has 3 heteroatoms. The van der Waals surface area contributed by atoms with Gasteiger partial charge >= 0.3 is 0 Å². The molecule has 0 amide bonds. The normalized spacial score (nSPS) is 20.2. The molecule has 0 bridgehead atoms. The molecule has 1 atom stereocenters. The third kappa shape index (κ3) is 3.34. The SMILES string of the molecule is COc1cccc(C(N)/C2=C/CCCCCC2)c1OC. The summed E-state index contributed by atoms with van der Waals surface area (Å²) in [5, 5.41) is 0. The van der Waals surface area contributed by atoms with Crippen LogP contribution in [0.2, 0.25) is 0 Å². The van der Waals surface area contributed by atoms with Crippen LogP contribution in [0.3, 0.4) is 0 Å². The predicted molar refractivity (Wildman–Crippen MR) is 82.3 cm³/mol. The monoisotopic (exact) mass is 275 g/mol. The molecule has 1 unspecified atom stereocenters. The number of methoxy groups -OCH3 is 2. The van der Waals surface area contributed by atoms with Gasteiger partial charge < -0.3 is 15.2 Å². The van der Waals surface area contributed by atoms with Gasteiger partial charge in [0.25, 0.3) is 0 Å². The third-order valence-electron chi connectivity index (χ3n) is 3.99. The van der Waals surface area contributed by atoms with Crippen LogP contribution in [0.15, 0.2) is 29.8 Å². The number of nitrogens with two attached hydrogens (primary N) is 1. The lowest BCUT2D eigenvalue weighted by molar-refractivity contribution is 0.350. The first-order chi connectivity index (χ1) is 9.77. The molecule has 2 N–H and O–H groups in total. The molecule has 0 radical (unpaired) electrons. The molecule has 0 fully saturated rings. The van der Waals surface area contributed by atoms with E-state index in [2.05, 4.69) is 6.08 Å². The largest absolute Gasteiger partial charge is 0.493 e. The smallest absolute Gasteiger partial charge is 0.165 e. The summed E-state index contributed by atoms with van der Waals surface area (Å²) in [4.78, 5) is 0. The molecule has 2 rings (SSSR count). The van der Waals surface area contributed by atoms with Gasteiger partial charge in [-0.3, -0.25) is 0 Å². The summed E-state index contributed by atoms with van der Waals surface area (Å²) < 4.78 is 10.9. The molecule has 3 nitrogen and oxygen atoms in total. The Morgan fingerprint density at radius 3 is 2.60 bits per heavy atom. The van der Waals surface area contributed by atoms with E-state index in [0.717, 1.165) is 29.9 Å². The fourth-order valence-electron chi connectivity index (χ4n) is 2.86. The lowest BCUT2D eigenvalue weighted by Crippen LogP contribution is -2.15. The molecule has 0 heterocycles. The number of ether oxygens (including phenoxy) is 2. The highest BCUT2D eigenvalue weighted by molar-refractivity contribution is 5.50. The van der Waals surface area contributed by atoms with Crippen LogP contribution in [0.4, 0.5) is 0 Å². The standard InChI is InChI=1S/C17H25NO2/c1-19-15-12-8-11-14(17(15)20-2)16(18)13-9-6-4-3-5-7-10-13/h8-9,11-12,16H,3-7,10,18H2,1-2H3/b13-9+. The maximum absolute atomic E-state index is 6.49. The minimum Gasteiger partial charge on any atom is -0.493 e. The number of rotatable bonds is 4. The Bertz CT molecular complexity index is 468. The average molecular weight is 275 g/mol. The summed E-state index contributed by atoms with van der Waals surface area (Å²) in [5.41, 5.74) is 8.83. The second-order valence-corrected chi connectivity index (χ2v) is 5.29. The number of benzene rings is 1. The fourth-order valence-corrected chi connectivity index (χ4v) is 2.86. The van der Waals surface area contributed by atoms with Crippen molar-refractivity contribution in [3.63, 3.8) is 0 Å². The molecule has 1 aliphatic carbocycles. The van der Waals surface area contributed by atoms with Crippen molar-refractivity contribution in [2.75, 3.05) is 14.2 Å². The van der Waals surface area contributed by atoms with E-state index < -0.39 is 0 Å². The van der Waals surface area contributed by atoms with Gasteiger partial charge in [-0.15, -0.1) is 0 Å². The summed E-state index contributed by atoms with van der Waals surface area (Å²) in [6.07, 6.45) is 9.68. The van der Waals surface area contributed by atoms with Crippen LogP contribution < -0.4 is 15.2 Å². The first-order valence-corrected chi connectivity index (χ1v) is 7.43. The summed E-state index contributed by atoms with van der Waals surface area (Å²) in [5.74, 6) is 1.50. The Labute approximate surface area is 121 Å². The van der Waals surface area contributed by atoms with Gasteiger partial charge in [0.1, 0.15) is 0 Å². The molecule has 0 saturated carbocycles. The van der Waals surface area contributed by atoms with Crippen LogP contribution in [0.25, 0.3) is 0 Å². The third-order valence-corrected chi connectivity index (χ3v) is 3.99. The van der Waals surface area contributed by atoms with Crippen LogP contribution in [-0.4, -0.2) is 14.2 Å². The van der Waals surface area contributed by atoms with Crippen LogP contribution in [0, 0.1) is 0 Å². The minimum atomic E-state index is -0.0989.